The molecule has 0 atom stereocenters. The molecule has 2 nitrogen and oxygen atoms in total. The summed E-state index contributed by atoms with van der Waals surface area (Å²) in [5.74, 6) is 0.740. The molecular formula is C17H18O2. The zero-order valence-corrected chi connectivity index (χ0v) is 11.6. The van der Waals surface area contributed by atoms with E-state index in [4.69, 9.17) is 4.74 Å². The third-order valence-electron chi connectivity index (χ3n) is 3.27. The first-order valence-electron chi connectivity index (χ1n) is 6.34. The van der Waals surface area contributed by atoms with E-state index in [1.165, 1.54) is 0 Å². The van der Waals surface area contributed by atoms with Crippen LogP contribution in [0.15, 0.2) is 42.5 Å². The fraction of sp³-hybridized carbons (Fsp3) is 0.235. The zero-order valence-electron chi connectivity index (χ0n) is 11.6. The summed E-state index contributed by atoms with van der Waals surface area (Å²) in [4.78, 5) is 12.4. The lowest BCUT2D eigenvalue weighted by Crippen LogP contribution is -2.07. The highest BCUT2D eigenvalue weighted by Gasteiger charge is 2.13. The van der Waals surface area contributed by atoms with E-state index >= 15 is 0 Å². The first-order valence-corrected chi connectivity index (χ1v) is 6.34. The second-order valence-electron chi connectivity index (χ2n) is 4.73. The average Bonchev–Trinajstić information content (AvgIpc) is 2.41. The van der Waals surface area contributed by atoms with Crippen molar-refractivity contribution in [2.24, 2.45) is 0 Å². The molecule has 0 spiro atoms. The van der Waals surface area contributed by atoms with Crippen LogP contribution >= 0.6 is 0 Å². The monoisotopic (exact) mass is 254 g/mol. The Bertz CT molecular complexity index is 600. The maximum absolute atomic E-state index is 12.4. The zero-order chi connectivity index (χ0) is 13.8. The van der Waals surface area contributed by atoms with Crippen LogP contribution < -0.4 is 4.74 Å². The molecule has 2 aromatic rings. The maximum Gasteiger partial charge on any atom is 0.170 e. The molecule has 0 aliphatic carbocycles. The minimum absolute atomic E-state index is 0.0890. The summed E-state index contributed by atoms with van der Waals surface area (Å²) in [5, 5.41) is 0. The van der Waals surface area contributed by atoms with Gasteiger partial charge in [0.2, 0.25) is 0 Å². The van der Waals surface area contributed by atoms with Crippen LogP contribution in [-0.2, 0) is 6.42 Å². The molecule has 2 rings (SSSR count). The van der Waals surface area contributed by atoms with Crippen molar-refractivity contribution in [2.45, 2.75) is 20.3 Å². The summed E-state index contributed by atoms with van der Waals surface area (Å²) in [6, 6.07) is 13.6. The molecule has 19 heavy (non-hydrogen) atoms. The van der Waals surface area contributed by atoms with Crippen molar-refractivity contribution in [1.29, 1.82) is 0 Å². The number of hydrogen-bond donors (Lipinski definition) is 0. The fourth-order valence-electron chi connectivity index (χ4n) is 2.11. The van der Waals surface area contributed by atoms with E-state index in [0.717, 1.165) is 16.7 Å². The summed E-state index contributed by atoms with van der Waals surface area (Å²) < 4.78 is 5.29. The second-order valence-corrected chi connectivity index (χ2v) is 4.73. The Labute approximate surface area is 114 Å². The molecule has 0 saturated carbocycles. The molecule has 0 N–H and O–H groups in total. The van der Waals surface area contributed by atoms with Crippen LogP contribution in [0.25, 0.3) is 0 Å². The van der Waals surface area contributed by atoms with Gasteiger partial charge in [0.25, 0.3) is 0 Å². The molecule has 0 unspecified atom stereocenters. The average molecular weight is 254 g/mol. The van der Waals surface area contributed by atoms with E-state index in [1.54, 1.807) is 7.11 Å². The third-order valence-corrected chi connectivity index (χ3v) is 3.27. The van der Waals surface area contributed by atoms with Crippen molar-refractivity contribution in [3.63, 3.8) is 0 Å². The van der Waals surface area contributed by atoms with Gasteiger partial charge >= 0.3 is 0 Å². The number of rotatable bonds is 4. The lowest BCUT2D eigenvalue weighted by molar-refractivity contribution is 0.0990. The highest BCUT2D eigenvalue weighted by atomic mass is 16.5. The number of aryl methyl sites for hydroxylation is 2. The lowest BCUT2D eigenvalue weighted by Gasteiger charge is -2.09. The van der Waals surface area contributed by atoms with Gasteiger partial charge in [0.05, 0.1) is 12.7 Å². The van der Waals surface area contributed by atoms with Crippen LogP contribution in [0, 0.1) is 13.8 Å². The van der Waals surface area contributed by atoms with Crippen molar-refractivity contribution in [2.75, 3.05) is 7.11 Å². The number of methoxy groups -OCH3 is 1. The normalized spacial score (nSPS) is 10.3. The van der Waals surface area contributed by atoms with Crippen molar-refractivity contribution >= 4 is 5.78 Å². The highest BCUT2D eigenvalue weighted by molar-refractivity contribution is 6.00. The van der Waals surface area contributed by atoms with Crippen molar-refractivity contribution in [1.82, 2.24) is 0 Å². The molecule has 0 aliphatic rings. The van der Waals surface area contributed by atoms with Gasteiger partial charge in [0.15, 0.2) is 5.78 Å². The van der Waals surface area contributed by atoms with Crippen LogP contribution in [0.3, 0.4) is 0 Å². The number of benzene rings is 2. The van der Waals surface area contributed by atoms with Gasteiger partial charge in [-0.15, -0.1) is 0 Å². The lowest BCUT2D eigenvalue weighted by atomic mass is 9.98. The molecule has 0 aromatic heterocycles. The molecule has 0 aliphatic heterocycles. The quantitative estimate of drug-likeness (QED) is 0.777. The van der Waals surface area contributed by atoms with Gasteiger partial charge in [0.1, 0.15) is 5.75 Å². The summed E-state index contributed by atoms with van der Waals surface area (Å²) in [6.45, 7) is 4.01. The Balaban J connectivity index is 2.28. The second kappa shape index (κ2) is 5.70. The summed E-state index contributed by atoms with van der Waals surface area (Å²) in [6.07, 6.45) is 0.409. The van der Waals surface area contributed by atoms with E-state index in [2.05, 4.69) is 0 Å². The molecule has 98 valence electrons. The molecule has 0 saturated heterocycles. The summed E-state index contributed by atoms with van der Waals surface area (Å²) in [5.41, 5.74) is 3.94. The van der Waals surface area contributed by atoms with Crippen LogP contribution in [0.5, 0.6) is 5.75 Å². The molecule has 0 fully saturated rings. The molecule has 0 heterocycles. The minimum Gasteiger partial charge on any atom is -0.496 e. The Morgan fingerprint density at radius 2 is 1.84 bits per heavy atom. The minimum atomic E-state index is 0.0890. The number of carbonyl (C=O) groups excluding carboxylic acids is 1. The first-order chi connectivity index (χ1) is 9.11. The summed E-state index contributed by atoms with van der Waals surface area (Å²) in [7, 11) is 1.60. The SMILES string of the molecule is COc1cc(C)ccc1C(=O)Cc1ccccc1C. The van der Waals surface area contributed by atoms with Crippen LogP contribution in [0.2, 0.25) is 0 Å². The predicted molar refractivity (Wildman–Crippen MR) is 76.9 cm³/mol. The van der Waals surface area contributed by atoms with Crippen molar-refractivity contribution < 1.29 is 9.53 Å². The maximum atomic E-state index is 12.4. The largest absolute Gasteiger partial charge is 0.496 e. The smallest absolute Gasteiger partial charge is 0.170 e. The Kier molecular flexibility index (Phi) is 4.00. The molecule has 2 aromatic carbocycles. The van der Waals surface area contributed by atoms with Crippen LogP contribution in [0.1, 0.15) is 27.0 Å². The van der Waals surface area contributed by atoms with Gasteiger partial charge in [-0.05, 0) is 42.7 Å². The number of ether oxygens (including phenoxy) is 1. The standard InChI is InChI=1S/C17H18O2/c1-12-8-9-15(17(10-12)19-3)16(18)11-14-7-5-4-6-13(14)2/h4-10H,11H2,1-3H3. The van der Waals surface area contributed by atoms with E-state index in [9.17, 15) is 4.79 Å². The Morgan fingerprint density at radius 1 is 1.11 bits per heavy atom. The van der Waals surface area contributed by atoms with E-state index in [0.29, 0.717) is 17.7 Å². The van der Waals surface area contributed by atoms with Crippen molar-refractivity contribution in [3.8, 4) is 5.75 Å². The Morgan fingerprint density at radius 3 is 2.53 bits per heavy atom. The molecule has 0 amide bonds. The van der Waals surface area contributed by atoms with E-state index in [-0.39, 0.29) is 5.78 Å². The summed E-state index contributed by atoms with van der Waals surface area (Å²) >= 11 is 0. The number of ketones is 1. The number of carbonyl (C=O) groups is 1. The molecule has 2 heteroatoms. The molecule has 0 radical (unpaired) electrons. The number of Topliss-reactive ketones (excluding diaryl/α,β-unsaturated/α-hetero) is 1. The van der Waals surface area contributed by atoms with Gasteiger partial charge in [-0.25, -0.2) is 0 Å². The van der Waals surface area contributed by atoms with Gasteiger partial charge in [-0.2, -0.15) is 0 Å². The molecular weight excluding hydrogens is 236 g/mol. The van der Waals surface area contributed by atoms with E-state index in [1.807, 2.05) is 56.3 Å². The fourth-order valence-corrected chi connectivity index (χ4v) is 2.11. The van der Waals surface area contributed by atoms with Crippen LogP contribution in [0.4, 0.5) is 0 Å². The van der Waals surface area contributed by atoms with Crippen LogP contribution in [-0.4, -0.2) is 12.9 Å². The van der Waals surface area contributed by atoms with Gasteiger partial charge in [-0.3, -0.25) is 4.79 Å². The molecule has 0 bridgehead atoms. The first kappa shape index (κ1) is 13.3. The van der Waals surface area contributed by atoms with E-state index < -0.39 is 0 Å². The Hall–Kier alpha value is -2.09. The van der Waals surface area contributed by atoms with Crippen molar-refractivity contribution in [3.05, 3.63) is 64.7 Å². The highest BCUT2D eigenvalue weighted by Crippen LogP contribution is 2.22. The van der Waals surface area contributed by atoms with Gasteiger partial charge in [0, 0.05) is 6.42 Å². The van der Waals surface area contributed by atoms with Gasteiger partial charge in [-0.1, -0.05) is 30.3 Å². The predicted octanol–water partition coefficient (Wildman–Crippen LogP) is 3.74. The van der Waals surface area contributed by atoms with Gasteiger partial charge < -0.3 is 4.74 Å². The topological polar surface area (TPSA) is 26.3 Å². The third kappa shape index (κ3) is 3.02. The number of hydrogen-bond acceptors (Lipinski definition) is 2.